The summed E-state index contributed by atoms with van der Waals surface area (Å²) < 4.78 is 21.1. The molecule has 300 valence electrons. The van der Waals surface area contributed by atoms with Gasteiger partial charge in [0.05, 0.1) is 0 Å². The maximum atomic E-state index is 13.2. The van der Waals surface area contributed by atoms with E-state index in [0.29, 0.717) is 25.7 Å². The van der Waals surface area contributed by atoms with Crippen molar-refractivity contribution in [1.29, 1.82) is 0 Å². The van der Waals surface area contributed by atoms with E-state index in [9.17, 15) is 28.8 Å². The Morgan fingerprint density at radius 2 is 1.09 bits per heavy atom. The molecule has 0 aliphatic rings. The summed E-state index contributed by atoms with van der Waals surface area (Å²) in [5.74, 6) is -0.763. The van der Waals surface area contributed by atoms with E-state index in [1.54, 1.807) is 62.3 Å². The Balaban J connectivity index is 2.70. The zero-order valence-corrected chi connectivity index (χ0v) is 32.9. The van der Waals surface area contributed by atoms with Gasteiger partial charge in [0.15, 0.2) is 0 Å². The van der Waals surface area contributed by atoms with Crippen LogP contribution in [0.4, 0.5) is 19.2 Å². The fourth-order valence-corrected chi connectivity index (χ4v) is 4.51. The monoisotopic (exact) mass is 750 g/mol. The van der Waals surface area contributed by atoms with E-state index in [0.717, 1.165) is 5.56 Å². The molecule has 16 heteroatoms. The van der Waals surface area contributed by atoms with Gasteiger partial charge in [-0.3, -0.25) is 9.59 Å². The number of carbonyl (C=O) groups excluding carboxylic acids is 6. The number of amides is 6. The van der Waals surface area contributed by atoms with E-state index in [4.69, 9.17) is 18.9 Å². The predicted octanol–water partition coefficient (Wildman–Crippen LogP) is 4.80. The van der Waals surface area contributed by atoms with Crippen molar-refractivity contribution in [3.05, 3.63) is 35.9 Å². The van der Waals surface area contributed by atoms with E-state index in [2.05, 4.69) is 31.9 Å². The molecule has 0 aliphatic carbocycles. The third kappa shape index (κ3) is 25.8. The van der Waals surface area contributed by atoms with Gasteiger partial charge < -0.3 is 50.8 Å². The number of hydrogen-bond acceptors (Lipinski definition) is 10. The highest BCUT2D eigenvalue weighted by Gasteiger charge is 2.24. The Morgan fingerprint density at radius 1 is 0.566 bits per heavy atom. The van der Waals surface area contributed by atoms with Crippen LogP contribution in [-0.2, 0) is 35.1 Å². The minimum absolute atomic E-state index is 0.0285. The normalized spacial score (nSPS) is 12.6. The van der Waals surface area contributed by atoms with Crippen LogP contribution >= 0.6 is 0 Å². The molecule has 53 heavy (non-hydrogen) atoms. The molecule has 16 nitrogen and oxygen atoms in total. The molecule has 6 amide bonds. The van der Waals surface area contributed by atoms with Crippen molar-refractivity contribution in [3.8, 4) is 0 Å². The molecule has 1 rings (SSSR count). The van der Waals surface area contributed by atoms with Gasteiger partial charge in [0.2, 0.25) is 11.8 Å². The van der Waals surface area contributed by atoms with Crippen molar-refractivity contribution in [1.82, 2.24) is 31.9 Å². The number of unbranched alkanes of at least 4 members (excludes halogenated alkanes) is 1. The zero-order valence-electron chi connectivity index (χ0n) is 32.9. The molecule has 0 unspecified atom stereocenters. The molecule has 0 aromatic heterocycles. The van der Waals surface area contributed by atoms with Crippen LogP contribution in [-0.4, -0.2) is 91.3 Å². The molecule has 1 aromatic carbocycles. The van der Waals surface area contributed by atoms with Crippen LogP contribution in [0.2, 0.25) is 0 Å². The summed E-state index contributed by atoms with van der Waals surface area (Å²) in [6, 6.07) is 7.62. The van der Waals surface area contributed by atoms with E-state index in [1.165, 1.54) is 0 Å². The smallest absolute Gasteiger partial charge is 0.408 e. The van der Waals surface area contributed by atoms with Gasteiger partial charge in [-0.2, -0.15) is 0 Å². The highest BCUT2D eigenvalue weighted by molar-refractivity contribution is 5.85. The van der Waals surface area contributed by atoms with Crippen molar-refractivity contribution in [2.24, 2.45) is 0 Å². The van der Waals surface area contributed by atoms with Crippen LogP contribution < -0.4 is 31.9 Å². The van der Waals surface area contributed by atoms with Crippen molar-refractivity contribution >= 4 is 36.2 Å². The number of ether oxygens (including phenoxy) is 4. The maximum absolute atomic E-state index is 13.2. The first-order valence-corrected chi connectivity index (χ1v) is 18.1. The van der Waals surface area contributed by atoms with Gasteiger partial charge >= 0.3 is 24.4 Å². The van der Waals surface area contributed by atoms with Crippen molar-refractivity contribution in [2.75, 3.05) is 26.2 Å². The Morgan fingerprint density at radius 3 is 1.68 bits per heavy atom. The summed E-state index contributed by atoms with van der Waals surface area (Å²) in [4.78, 5) is 74.8. The summed E-state index contributed by atoms with van der Waals surface area (Å²) in [7, 11) is 0. The van der Waals surface area contributed by atoms with E-state index >= 15 is 0 Å². The summed E-state index contributed by atoms with van der Waals surface area (Å²) in [5, 5.41) is 16.1. The lowest BCUT2D eigenvalue weighted by Crippen LogP contribution is -2.47. The van der Waals surface area contributed by atoms with Gasteiger partial charge in [-0.1, -0.05) is 30.3 Å². The third-order valence-electron chi connectivity index (χ3n) is 6.71. The highest BCUT2D eigenvalue weighted by atomic mass is 16.6. The molecule has 0 bridgehead atoms. The molecule has 1 aromatic rings. The number of hydrogen-bond donors (Lipinski definition) is 6. The highest BCUT2D eigenvalue weighted by Crippen LogP contribution is 2.11. The van der Waals surface area contributed by atoms with Crippen LogP contribution in [0.3, 0.4) is 0 Å². The average molecular weight is 751 g/mol. The number of benzene rings is 1. The molecule has 6 N–H and O–H groups in total. The minimum Gasteiger partial charge on any atom is -0.445 e. The van der Waals surface area contributed by atoms with Crippen LogP contribution in [0.5, 0.6) is 0 Å². The third-order valence-corrected chi connectivity index (χ3v) is 6.71. The van der Waals surface area contributed by atoms with Gasteiger partial charge in [-0.25, -0.2) is 19.2 Å². The average Bonchev–Trinajstić information content (AvgIpc) is 3.01. The second-order valence-electron chi connectivity index (χ2n) is 15.4. The zero-order chi connectivity index (χ0) is 40.1. The van der Waals surface area contributed by atoms with Crippen molar-refractivity contribution in [3.63, 3.8) is 0 Å². The van der Waals surface area contributed by atoms with Crippen molar-refractivity contribution in [2.45, 2.75) is 136 Å². The summed E-state index contributed by atoms with van der Waals surface area (Å²) in [5.41, 5.74) is -1.25. The van der Waals surface area contributed by atoms with Crippen LogP contribution in [0.25, 0.3) is 0 Å². The first kappa shape index (κ1) is 46.3. The van der Waals surface area contributed by atoms with E-state index < -0.39 is 59.2 Å². The van der Waals surface area contributed by atoms with Crippen LogP contribution in [0, 0.1) is 0 Å². The molecule has 0 radical (unpaired) electrons. The van der Waals surface area contributed by atoms with E-state index in [1.807, 2.05) is 30.3 Å². The Hall–Kier alpha value is -4.76. The maximum Gasteiger partial charge on any atom is 0.408 e. The molecular weight excluding hydrogens is 688 g/mol. The molecule has 2 atom stereocenters. The number of alkyl carbamates (subject to hydrolysis) is 4. The lowest BCUT2D eigenvalue weighted by Gasteiger charge is -2.24. The van der Waals surface area contributed by atoms with Crippen molar-refractivity contribution < 1.29 is 47.7 Å². The van der Waals surface area contributed by atoms with Gasteiger partial charge in [0.1, 0.15) is 29.5 Å². The van der Waals surface area contributed by atoms with Gasteiger partial charge in [-0.05, 0) is 100.0 Å². The van der Waals surface area contributed by atoms with Crippen LogP contribution in [0.1, 0.15) is 106 Å². The molecule has 0 heterocycles. The topological polar surface area (TPSA) is 212 Å². The van der Waals surface area contributed by atoms with Gasteiger partial charge in [-0.15, -0.1) is 0 Å². The molecule has 0 spiro atoms. The first-order chi connectivity index (χ1) is 24.6. The molecule has 0 aliphatic heterocycles. The largest absolute Gasteiger partial charge is 0.445 e. The summed E-state index contributed by atoms with van der Waals surface area (Å²) in [6.07, 6.45) is -0.608. The number of nitrogens with one attached hydrogen (secondary N) is 6. The lowest BCUT2D eigenvalue weighted by atomic mass is 10.1. The van der Waals surface area contributed by atoms with E-state index in [-0.39, 0.29) is 51.5 Å². The molecule has 0 saturated heterocycles. The number of rotatable bonds is 19. The quantitative estimate of drug-likeness (QED) is 0.0840. The van der Waals surface area contributed by atoms with Gasteiger partial charge in [0, 0.05) is 38.6 Å². The van der Waals surface area contributed by atoms with Gasteiger partial charge in [0.25, 0.3) is 0 Å². The second-order valence-corrected chi connectivity index (χ2v) is 15.4. The summed E-state index contributed by atoms with van der Waals surface area (Å²) >= 11 is 0. The standard InChI is InChI=1S/C37H62N6O10/c1-35(2,3)51-31(46)40-21-15-19-28(43-33(48)50-25-26-16-11-10-12-17-26)30(45)39-20-14-13-18-27(42-34(49)53-37(7,8)9)24-29(44)38-22-23-41-32(47)52-36(4,5)6/h10-12,16-17,27-28H,13-15,18-25H2,1-9H3,(H,38,44)(H,39,45)(H,40,46)(H,41,47)(H,42,49)(H,43,48)/t27-,28-/m0/s1. The minimum atomic E-state index is -0.936. The fourth-order valence-electron chi connectivity index (χ4n) is 4.51. The first-order valence-electron chi connectivity index (χ1n) is 18.1. The predicted molar refractivity (Wildman–Crippen MR) is 199 cm³/mol. The Bertz CT molecular complexity index is 1310. The Labute approximate surface area is 313 Å². The fraction of sp³-hybridized carbons (Fsp3) is 0.676. The Kier molecular flexibility index (Phi) is 20.1. The number of carbonyl (C=O) groups is 6. The molecular formula is C37H62N6O10. The van der Waals surface area contributed by atoms with Crippen LogP contribution in [0.15, 0.2) is 30.3 Å². The summed E-state index contributed by atoms with van der Waals surface area (Å²) in [6.45, 7) is 16.5. The lowest BCUT2D eigenvalue weighted by molar-refractivity contribution is -0.123. The molecule has 0 fully saturated rings. The SMILES string of the molecule is CC(C)(C)OC(=O)NCCC[C@H](NC(=O)OCc1ccccc1)C(=O)NCCCC[C@@H](CC(=O)NCCNC(=O)OC(C)(C)C)NC(=O)OC(C)(C)C. The molecule has 0 saturated carbocycles. The second kappa shape index (κ2) is 23.0.